The third-order valence-corrected chi connectivity index (χ3v) is 4.50. The minimum absolute atomic E-state index is 0.144. The number of aromatic carboxylic acids is 1. The number of rotatable bonds is 4. The Morgan fingerprint density at radius 2 is 1.69 bits per heavy atom. The molecule has 6 nitrogen and oxygen atoms in total. The molecule has 0 aliphatic rings. The van der Waals surface area contributed by atoms with E-state index in [4.69, 9.17) is 34.8 Å². The number of halogens is 3. The summed E-state index contributed by atoms with van der Waals surface area (Å²) in [6.45, 7) is 0. The van der Waals surface area contributed by atoms with Crippen molar-refractivity contribution in [1.82, 2.24) is 9.78 Å². The zero-order chi connectivity index (χ0) is 18.8. The molecule has 3 rings (SSSR count). The van der Waals surface area contributed by atoms with Gasteiger partial charge in [-0.1, -0.05) is 46.9 Å². The number of carboxylic acids is 1. The van der Waals surface area contributed by atoms with Crippen LogP contribution in [-0.4, -0.2) is 26.8 Å². The lowest BCUT2D eigenvalue weighted by Crippen LogP contribution is -2.15. The molecule has 132 valence electrons. The molecule has 26 heavy (non-hydrogen) atoms. The van der Waals surface area contributed by atoms with Gasteiger partial charge in [0.15, 0.2) is 5.69 Å². The normalized spacial score (nSPS) is 10.6. The van der Waals surface area contributed by atoms with Crippen molar-refractivity contribution < 1.29 is 14.7 Å². The second-order valence-corrected chi connectivity index (χ2v) is 6.39. The Labute approximate surface area is 162 Å². The molecule has 1 amide bonds. The fraction of sp³-hybridized carbons (Fsp3) is 0. The highest BCUT2D eigenvalue weighted by atomic mass is 35.5. The molecule has 0 aliphatic heterocycles. The van der Waals surface area contributed by atoms with Gasteiger partial charge in [0.05, 0.1) is 26.3 Å². The largest absolute Gasteiger partial charge is 0.476 e. The molecule has 0 saturated heterocycles. The van der Waals surface area contributed by atoms with Gasteiger partial charge in [-0.25, -0.2) is 9.48 Å². The van der Waals surface area contributed by atoms with Gasteiger partial charge in [0.1, 0.15) is 5.82 Å². The van der Waals surface area contributed by atoms with E-state index in [1.807, 2.05) is 0 Å². The Bertz CT molecular complexity index is 1020. The second-order valence-electron chi connectivity index (χ2n) is 5.16. The van der Waals surface area contributed by atoms with Crippen LogP contribution in [-0.2, 0) is 0 Å². The summed E-state index contributed by atoms with van der Waals surface area (Å²) in [7, 11) is 0. The molecule has 0 unspecified atom stereocenters. The average Bonchev–Trinajstić information content (AvgIpc) is 3.02. The van der Waals surface area contributed by atoms with Gasteiger partial charge >= 0.3 is 5.97 Å². The highest BCUT2D eigenvalue weighted by Crippen LogP contribution is 2.27. The quantitative estimate of drug-likeness (QED) is 0.648. The number of nitrogens with zero attached hydrogens (tertiary/aromatic N) is 2. The summed E-state index contributed by atoms with van der Waals surface area (Å²) >= 11 is 17.9. The lowest BCUT2D eigenvalue weighted by Gasteiger charge is -2.10. The highest BCUT2D eigenvalue weighted by Gasteiger charge is 2.18. The van der Waals surface area contributed by atoms with Gasteiger partial charge in [0.25, 0.3) is 5.91 Å². The third-order valence-electron chi connectivity index (χ3n) is 3.44. The first-order valence-corrected chi connectivity index (χ1v) is 8.35. The van der Waals surface area contributed by atoms with E-state index in [2.05, 4.69) is 10.4 Å². The highest BCUT2D eigenvalue weighted by molar-refractivity contribution is 6.42. The van der Waals surface area contributed by atoms with E-state index in [0.717, 1.165) is 0 Å². The van der Waals surface area contributed by atoms with E-state index >= 15 is 0 Å². The summed E-state index contributed by atoms with van der Waals surface area (Å²) in [6, 6.07) is 12.4. The zero-order valence-corrected chi connectivity index (χ0v) is 15.2. The number of carbonyl (C=O) groups is 2. The van der Waals surface area contributed by atoms with Crippen molar-refractivity contribution in [3.63, 3.8) is 0 Å². The van der Waals surface area contributed by atoms with Gasteiger partial charge in [-0.2, -0.15) is 5.10 Å². The Hall–Kier alpha value is -2.54. The fourth-order valence-corrected chi connectivity index (χ4v) is 2.73. The summed E-state index contributed by atoms with van der Waals surface area (Å²) in [4.78, 5) is 23.8. The van der Waals surface area contributed by atoms with E-state index in [1.165, 1.54) is 16.8 Å². The van der Waals surface area contributed by atoms with Gasteiger partial charge in [-0.05, 0) is 30.3 Å². The van der Waals surface area contributed by atoms with Crippen LogP contribution in [0.5, 0.6) is 0 Å². The summed E-state index contributed by atoms with van der Waals surface area (Å²) < 4.78 is 1.25. The molecule has 9 heteroatoms. The van der Waals surface area contributed by atoms with Crippen LogP contribution in [0.4, 0.5) is 5.82 Å². The minimum atomic E-state index is -1.24. The maximum Gasteiger partial charge on any atom is 0.356 e. The predicted octanol–water partition coefficient (Wildman–Crippen LogP) is 4.78. The molecule has 0 fully saturated rings. The van der Waals surface area contributed by atoms with E-state index < -0.39 is 11.9 Å². The maximum absolute atomic E-state index is 12.5. The summed E-state index contributed by atoms with van der Waals surface area (Å²) in [5.41, 5.74) is 0.430. The van der Waals surface area contributed by atoms with Gasteiger partial charge < -0.3 is 10.4 Å². The number of hydrogen-bond donors (Lipinski definition) is 2. The molecular weight excluding hydrogens is 401 g/mol. The van der Waals surface area contributed by atoms with Crippen LogP contribution in [0.3, 0.4) is 0 Å². The van der Waals surface area contributed by atoms with E-state index in [0.29, 0.717) is 10.7 Å². The molecule has 2 N–H and O–H groups in total. The first-order chi connectivity index (χ1) is 12.4. The summed E-state index contributed by atoms with van der Waals surface area (Å²) in [5.74, 6) is -1.60. The summed E-state index contributed by atoms with van der Waals surface area (Å²) in [6.07, 6.45) is 0. The van der Waals surface area contributed by atoms with Crippen LogP contribution in [0.1, 0.15) is 20.8 Å². The molecule has 1 heterocycles. The van der Waals surface area contributed by atoms with Crippen molar-refractivity contribution >= 4 is 52.5 Å². The molecular formula is C17H10Cl3N3O3. The monoisotopic (exact) mass is 409 g/mol. The summed E-state index contributed by atoms with van der Waals surface area (Å²) in [5, 5.41) is 16.7. The van der Waals surface area contributed by atoms with Gasteiger partial charge in [0, 0.05) is 6.07 Å². The van der Waals surface area contributed by atoms with Crippen LogP contribution >= 0.6 is 34.8 Å². The smallest absolute Gasteiger partial charge is 0.356 e. The molecule has 0 saturated carbocycles. The topological polar surface area (TPSA) is 84.2 Å². The number of benzene rings is 2. The number of carboxylic acid groups (broad SMARTS) is 1. The van der Waals surface area contributed by atoms with Crippen molar-refractivity contribution in [2.24, 2.45) is 0 Å². The van der Waals surface area contributed by atoms with Crippen molar-refractivity contribution in [1.29, 1.82) is 0 Å². The predicted molar refractivity (Wildman–Crippen MR) is 99.9 cm³/mol. The van der Waals surface area contributed by atoms with Crippen molar-refractivity contribution in [3.05, 3.63) is 74.9 Å². The molecule has 2 aromatic carbocycles. The number of anilines is 1. The molecule has 3 aromatic rings. The second kappa shape index (κ2) is 7.37. The van der Waals surface area contributed by atoms with Crippen LogP contribution in [0.2, 0.25) is 15.1 Å². The standard InChI is InChI=1S/C17H10Cl3N3O3/c18-11-4-2-1-3-10(11)16(24)21-15-8-14(17(25)26)22-23(15)9-5-6-12(19)13(20)7-9/h1-8H,(H,21,24)(H,25,26). The number of amides is 1. The Morgan fingerprint density at radius 1 is 0.962 bits per heavy atom. The van der Waals surface area contributed by atoms with Crippen molar-refractivity contribution in [3.8, 4) is 5.69 Å². The minimum Gasteiger partial charge on any atom is -0.476 e. The molecule has 0 spiro atoms. The van der Waals surface area contributed by atoms with Crippen molar-refractivity contribution in [2.75, 3.05) is 5.32 Å². The third kappa shape index (κ3) is 3.67. The molecule has 0 bridgehead atoms. The first-order valence-electron chi connectivity index (χ1n) is 7.21. The SMILES string of the molecule is O=C(O)c1cc(NC(=O)c2ccccc2Cl)n(-c2ccc(Cl)c(Cl)c2)n1. The fourth-order valence-electron chi connectivity index (χ4n) is 2.22. The van der Waals surface area contributed by atoms with Crippen molar-refractivity contribution in [2.45, 2.75) is 0 Å². The van der Waals surface area contributed by atoms with Gasteiger partial charge in [0.2, 0.25) is 0 Å². The van der Waals surface area contributed by atoms with Crippen LogP contribution in [0, 0.1) is 0 Å². The lowest BCUT2D eigenvalue weighted by molar-refractivity contribution is 0.0689. The van der Waals surface area contributed by atoms with E-state index in [9.17, 15) is 14.7 Å². The van der Waals surface area contributed by atoms with E-state index in [-0.39, 0.29) is 27.1 Å². The van der Waals surface area contributed by atoms with Gasteiger partial charge in [-0.15, -0.1) is 0 Å². The molecule has 0 atom stereocenters. The zero-order valence-electron chi connectivity index (χ0n) is 12.9. The molecule has 0 aliphatic carbocycles. The first kappa shape index (κ1) is 18.3. The van der Waals surface area contributed by atoms with Crippen LogP contribution in [0.25, 0.3) is 5.69 Å². The Balaban J connectivity index is 2.03. The lowest BCUT2D eigenvalue weighted by atomic mass is 10.2. The molecule has 1 aromatic heterocycles. The number of nitrogens with one attached hydrogen (secondary N) is 1. The van der Waals surface area contributed by atoms with Crippen LogP contribution in [0.15, 0.2) is 48.5 Å². The Kier molecular flexibility index (Phi) is 5.18. The van der Waals surface area contributed by atoms with E-state index in [1.54, 1.807) is 36.4 Å². The number of aromatic nitrogens is 2. The number of carbonyl (C=O) groups excluding carboxylic acids is 1. The van der Waals surface area contributed by atoms with Crippen LogP contribution < -0.4 is 5.32 Å². The molecule has 0 radical (unpaired) electrons. The average molecular weight is 411 g/mol. The number of hydrogen-bond acceptors (Lipinski definition) is 3. The Morgan fingerprint density at radius 3 is 2.35 bits per heavy atom. The van der Waals surface area contributed by atoms with Gasteiger partial charge in [-0.3, -0.25) is 4.79 Å². The maximum atomic E-state index is 12.5.